The van der Waals surface area contributed by atoms with Gasteiger partial charge in [-0.1, -0.05) is 6.92 Å². The van der Waals surface area contributed by atoms with Crippen molar-refractivity contribution >= 4 is 11.3 Å². The molecule has 19 heavy (non-hydrogen) atoms. The molecule has 102 valence electrons. The number of aromatic nitrogens is 2. The Labute approximate surface area is 118 Å². The van der Waals surface area contributed by atoms with Crippen molar-refractivity contribution in [2.75, 3.05) is 0 Å². The van der Waals surface area contributed by atoms with E-state index in [4.69, 9.17) is 0 Å². The van der Waals surface area contributed by atoms with Crippen LogP contribution in [0.5, 0.6) is 0 Å². The molecule has 0 radical (unpaired) electrons. The molecule has 2 aromatic rings. The molecule has 0 fully saturated rings. The van der Waals surface area contributed by atoms with Gasteiger partial charge in [0.25, 0.3) is 0 Å². The van der Waals surface area contributed by atoms with Crippen molar-refractivity contribution in [3.8, 4) is 0 Å². The van der Waals surface area contributed by atoms with Crippen LogP contribution in [0.4, 0.5) is 0 Å². The third kappa shape index (κ3) is 2.74. The van der Waals surface area contributed by atoms with Crippen LogP contribution in [0.3, 0.4) is 0 Å². The Morgan fingerprint density at radius 2 is 2.21 bits per heavy atom. The van der Waals surface area contributed by atoms with Crippen molar-refractivity contribution in [1.29, 1.82) is 0 Å². The zero-order valence-electron chi connectivity index (χ0n) is 11.7. The predicted molar refractivity (Wildman–Crippen MR) is 79.5 cm³/mol. The molecule has 0 saturated carbocycles. The zero-order valence-corrected chi connectivity index (χ0v) is 12.5. The van der Waals surface area contributed by atoms with Crippen LogP contribution in [-0.4, -0.2) is 9.78 Å². The normalized spacial score (nSPS) is 14.0. The highest BCUT2D eigenvalue weighted by Crippen LogP contribution is 2.30. The van der Waals surface area contributed by atoms with Crippen LogP contribution >= 0.6 is 11.3 Å². The SMILES string of the molecule is CCc1cc(CNCc2cc3c(s2)CCC3)n(C)n1. The summed E-state index contributed by atoms with van der Waals surface area (Å²) < 4.78 is 1.99. The maximum atomic E-state index is 4.47. The summed E-state index contributed by atoms with van der Waals surface area (Å²) in [5.74, 6) is 0. The molecule has 0 amide bonds. The van der Waals surface area contributed by atoms with Crippen molar-refractivity contribution in [3.63, 3.8) is 0 Å². The third-order valence-corrected chi connectivity index (χ3v) is 5.03. The van der Waals surface area contributed by atoms with Gasteiger partial charge in [-0.05, 0) is 43.4 Å². The van der Waals surface area contributed by atoms with Crippen LogP contribution in [0.25, 0.3) is 0 Å². The number of rotatable bonds is 5. The number of nitrogens with zero attached hydrogens (tertiary/aromatic N) is 2. The van der Waals surface area contributed by atoms with Crippen molar-refractivity contribution in [2.45, 2.75) is 45.7 Å². The van der Waals surface area contributed by atoms with Crippen LogP contribution in [0.15, 0.2) is 12.1 Å². The lowest BCUT2D eigenvalue weighted by atomic mass is 10.2. The zero-order chi connectivity index (χ0) is 13.2. The van der Waals surface area contributed by atoms with Gasteiger partial charge >= 0.3 is 0 Å². The molecule has 1 aliphatic carbocycles. The van der Waals surface area contributed by atoms with Crippen molar-refractivity contribution < 1.29 is 0 Å². The topological polar surface area (TPSA) is 29.9 Å². The smallest absolute Gasteiger partial charge is 0.0625 e. The second kappa shape index (κ2) is 5.47. The van der Waals surface area contributed by atoms with Crippen LogP contribution in [0, 0.1) is 0 Å². The van der Waals surface area contributed by atoms with E-state index in [1.807, 2.05) is 23.1 Å². The molecule has 0 saturated heterocycles. The first kappa shape index (κ1) is 12.9. The standard InChI is InChI=1S/C15H21N3S/c1-3-12-8-13(18(2)17-12)9-16-10-14-7-11-5-4-6-15(11)19-14/h7-8,16H,3-6,9-10H2,1-2H3. The van der Waals surface area contributed by atoms with Gasteiger partial charge in [0, 0.05) is 29.9 Å². The Balaban J connectivity index is 1.56. The largest absolute Gasteiger partial charge is 0.306 e. The van der Waals surface area contributed by atoms with E-state index in [2.05, 4.69) is 29.5 Å². The molecule has 0 bridgehead atoms. The first-order valence-corrected chi connectivity index (χ1v) is 7.91. The van der Waals surface area contributed by atoms with Crippen LogP contribution in [-0.2, 0) is 39.4 Å². The Morgan fingerprint density at radius 3 is 2.95 bits per heavy atom. The monoisotopic (exact) mass is 275 g/mol. The lowest BCUT2D eigenvalue weighted by molar-refractivity contribution is 0.626. The van der Waals surface area contributed by atoms with E-state index < -0.39 is 0 Å². The van der Waals surface area contributed by atoms with Gasteiger partial charge < -0.3 is 5.32 Å². The quantitative estimate of drug-likeness (QED) is 0.909. The molecule has 2 heterocycles. The van der Waals surface area contributed by atoms with E-state index in [0.717, 1.165) is 19.5 Å². The van der Waals surface area contributed by atoms with E-state index in [-0.39, 0.29) is 0 Å². The number of hydrogen-bond acceptors (Lipinski definition) is 3. The van der Waals surface area contributed by atoms with E-state index in [0.29, 0.717) is 0 Å². The summed E-state index contributed by atoms with van der Waals surface area (Å²) in [7, 11) is 2.02. The van der Waals surface area contributed by atoms with Gasteiger partial charge in [0.05, 0.1) is 11.4 Å². The van der Waals surface area contributed by atoms with E-state index in [1.54, 1.807) is 10.4 Å². The Kier molecular flexibility index (Phi) is 3.71. The van der Waals surface area contributed by atoms with Gasteiger partial charge in [-0.2, -0.15) is 5.10 Å². The summed E-state index contributed by atoms with van der Waals surface area (Å²) >= 11 is 1.99. The Bertz CT molecular complexity index is 546. The number of aryl methyl sites for hydroxylation is 4. The third-order valence-electron chi connectivity index (χ3n) is 3.79. The highest BCUT2D eigenvalue weighted by molar-refractivity contribution is 7.12. The van der Waals surface area contributed by atoms with Crippen LogP contribution < -0.4 is 5.32 Å². The fourth-order valence-electron chi connectivity index (χ4n) is 2.70. The van der Waals surface area contributed by atoms with E-state index in [1.165, 1.54) is 35.5 Å². The predicted octanol–water partition coefficient (Wildman–Crippen LogP) is 2.82. The molecule has 1 aliphatic rings. The average molecular weight is 275 g/mol. The number of thiophene rings is 1. The molecule has 3 nitrogen and oxygen atoms in total. The summed E-state index contributed by atoms with van der Waals surface area (Å²) in [6, 6.07) is 4.59. The average Bonchev–Trinajstić information content (AvgIpc) is 3.04. The van der Waals surface area contributed by atoms with Gasteiger partial charge in [0.1, 0.15) is 0 Å². The second-order valence-electron chi connectivity index (χ2n) is 5.22. The summed E-state index contributed by atoms with van der Waals surface area (Å²) in [5.41, 5.74) is 4.03. The molecule has 0 spiro atoms. The van der Waals surface area contributed by atoms with Crippen molar-refractivity contribution in [1.82, 2.24) is 15.1 Å². The fourth-order valence-corrected chi connectivity index (χ4v) is 3.93. The molecular formula is C15H21N3S. The first-order chi connectivity index (χ1) is 9.26. The minimum atomic E-state index is 0.895. The molecule has 0 atom stereocenters. The van der Waals surface area contributed by atoms with Gasteiger partial charge in [-0.3, -0.25) is 4.68 Å². The molecule has 0 aliphatic heterocycles. The lowest BCUT2D eigenvalue weighted by Crippen LogP contribution is -2.14. The maximum absolute atomic E-state index is 4.47. The molecule has 1 N–H and O–H groups in total. The van der Waals surface area contributed by atoms with E-state index in [9.17, 15) is 0 Å². The molecule has 0 unspecified atom stereocenters. The molecule has 2 aromatic heterocycles. The Morgan fingerprint density at radius 1 is 1.32 bits per heavy atom. The van der Waals surface area contributed by atoms with Crippen LogP contribution in [0.2, 0.25) is 0 Å². The molecule has 0 aromatic carbocycles. The van der Waals surface area contributed by atoms with Crippen molar-refractivity contribution in [2.24, 2.45) is 7.05 Å². The van der Waals surface area contributed by atoms with Crippen LogP contribution in [0.1, 0.15) is 40.1 Å². The second-order valence-corrected chi connectivity index (χ2v) is 6.44. The van der Waals surface area contributed by atoms with Gasteiger partial charge in [0.2, 0.25) is 0 Å². The van der Waals surface area contributed by atoms with Gasteiger partial charge in [0.15, 0.2) is 0 Å². The molecule has 3 rings (SSSR count). The minimum absolute atomic E-state index is 0.895. The number of hydrogen-bond donors (Lipinski definition) is 1. The molecule has 4 heteroatoms. The summed E-state index contributed by atoms with van der Waals surface area (Å²) in [6.45, 7) is 4.02. The molecular weight excluding hydrogens is 254 g/mol. The minimum Gasteiger partial charge on any atom is -0.306 e. The van der Waals surface area contributed by atoms with Crippen molar-refractivity contribution in [3.05, 3.63) is 38.8 Å². The highest BCUT2D eigenvalue weighted by atomic mass is 32.1. The first-order valence-electron chi connectivity index (χ1n) is 7.09. The van der Waals surface area contributed by atoms with E-state index >= 15 is 0 Å². The maximum Gasteiger partial charge on any atom is 0.0625 e. The summed E-state index contributed by atoms with van der Waals surface area (Å²) in [6.07, 6.45) is 4.93. The fraction of sp³-hybridized carbons (Fsp3) is 0.533. The highest BCUT2D eigenvalue weighted by Gasteiger charge is 2.14. The lowest BCUT2D eigenvalue weighted by Gasteiger charge is -2.03. The Hall–Kier alpha value is -1.13. The number of nitrogens with one attached hydrogen (secondary N) is 1. The number of fused-ring (bicyclic) bond motifs is 1. The van der Waals surface area contributed by atoms with Gasteiger partial charge in [-0.15, -0.1) is 11.3 Å². The summed E-state index contributed by atoms with van der Waals surface area (Å²) in [4.78, 5) is 3.09. The van der Waals surface area contributed by atoms with Gasteiger partial charge in [-0.25, -0.2) is 0 Å². The summed E-state index contributed by atoms with van der Waals surface area (Å²) in [5, 5.41) is 8.01.